The van der Waals surface area contributed by atoms with E-state index in [0.29, 0.717) is 54.0 Å². The van der Waals surface area contributed by atoms with Gasteiger partial charge in [-0.2, -0.15) is 4.57 Å². The number of aromatic nitrogens is 1. The van der Waals surface area contributed by atoms with Crippen molar-refractivity contribution in [3.63, 3.8) is 0 Å². The van der Waals surface area contributed by atoms with Gasteiger partial charge in [-0.15, -0.1) is 0 Å². The molecule has 2 aromatic carbocycles. The van der Waals surface area contributed by atoms with Crippen LogP contribution in [0.5, 0.6) is 0 Å². The summed E-state index contributed by atoms with van der Waals surface area (Å²) in [6.07, 6.45) is 4.87. The maximum Gasteiger partial charge on any atom is 0.312 e. The van der Waals surface area contributed by atoms with Gasteiger partial charge in [0.25, 0.3) is 16.6 Å². The summed E-state index contributed by atoms with van der Waals surface area (Å²) in [6, 6.07) is 17.0. The number of aryl methyl sites for hydroxylation is 2. The molecule has 316 valence electrons. The van der Waals surface area contributed by atoms with Gasteiger partial charge in [-0.1, -0.05) is 74.1 Å². The number of fused-ring (bicyclic) bond motifs is 1. The van der Waals surface area contributed by atoms with Gasteiger partial charge in [-0.25, -0.2) is 4.79 Å². The second-order valence-corrected chi connectivity index (χ2v) is 16.5. The molecule has 0 bridgehead atoms. The fourth-order valence-electron chi connectivity index (χ4n) is 7.34. The van der Waals surface area contributed by atoms with Crippen LogP contribution in [0.4, 0.5) is 16.2 Å². The minimum atomic E-state index is -0.817. The number of nitrogens with one attached hydrogen (secondary N) is 3. The van der Waals surface area contributed by atoms with E-state index < -0.39 is 18.0 Å². The zero-order valence-corrected chi connectivity index (χ0v) is 35.4. The van der Waals surface area contributed by atoms with Crippen LogP contribution >= 0.6 is 11.3 Å². The van der Waals surface area contributed by atoms with E-state index in [-0.39, 0.29) is 73.5 Å². The topological polar surface area (TPSA) is 215 Å². The maximum absolute atomic E-state index is 13.8. The van der Waals surface area contributed by atoms with Crippen molar-refractivity contribution in [1.29, 1.82) is 0 Å². The average Bonchev–Trinajstić information content (AvgIpc) is 3.73. The standard InChI is InChI=1S/C45H53N7O7S/c1-27(2)40(50-35(54)15-9-6-10-23-51-36(55)20-21-37(51)56)34(53)25-32(14-11-22-48-45(47)59)43(58)49-33-18-16-30(17-19-33)26-52-29(4)24-28(3)38-39(46)42(60-44(38)52)41(57)31-12-7-5-8-13-31/h5,7-8,12-13,16-21,24,27,32,40H,6,9-11,14-15,22-23,25-26H2,1-4H3,(H6-,46,47,48,49,50,54,57,58,59)/p+1/t32-,40+/m1/s1. The highest BCUT2D eigenvalue weighted by atomic mass is 32.1. The second kappa shape index (κ2) is 20.7. The second-order valence-electron chi connectivity index (χ2n) is 15.5. The number of nitrogens with two attached hydrogens (primary N) is 2. The molecule has 3 heterocycles. The minimum Gasteiger partial charge on any atom is -0.397 e. The number of ketones is 2. The van der Waals surface area contributed by atoms with Crippen molar-refractivity contribution >= 4 is 74.2 Å². The number of Topliss-reactive ketones (excluding diaryl/α,β-unsaturated/α-hetero) is 1. The van der Waals surface area contributed by atoms with Gasteiger partial charge < -0.3 is 27.4 Å². The first-order chi connectivity index (χ1) is 28.6. The predicted octanol–water partition coefficient (Wildman–Crippen LogP) is 5.26. The fourth-order valence-corrected chi connectivity index (χ4v) is 8.64. The summed E-state index contributed by atoms with van der Waals surface area (Å²) in [5.74, 6) is -2.75. The van der Waals surface area contributed by atoms with Crippen LogP contribution in [0.15, 0.2) is 72.8 Å². The van der Waals surface area contributed by atoms with E-state index in [1.54, 1.807) is 24.3 Å². The third-order valence-electron chi connectivity index (χ3n) is 10.6. The van der Waals surface area contributed by atoms with Gasteiger partial charge in [0.05, 0.1) is 17.1 Å². The molecule has 6 amide bonds. The zero-order chi connectivity index (χ0) is 43.5. The molecule has 1 aliphatic rings. The van der Waals surface area contributed by atoms with Crippen LogP contribution in [0, 0.1) is 25.7 Å². The van der Waals surface area contributed by atoms with Gasteiger partial charge in [-0.3, -0.25) is 33.7 Å². The molecule has 14 nitrogen and oxygen atoms in total. The third kappa shape index (κ3) is 11.5. The molecule has 0 spiro atoms. The van der Waals surface area contributed by atoms with Crippen molar-refractivity contribution in [2.75, 3.05) is 24.1 Å². The van der Waals surface area contributed by atoms with Crippen LogP contribution in [-0.2, 0) is 30.5 Å². The Hall–Kier alpha value is -6.22. The number of rotatable bonds is 21. The molecule has 0 saturated carbocycles. The number of imide groups is 1. The number of thiophene rings is 1. The maximum atomic E-state index is 13.8. The molecule has 5 rings (SSSR count). The molecule has 4 aromatic rings. The Labute approximate surface area is 353 Å². The Morgan fingerprint density at radius 3 is 2.22 bits per heavy atom. The number of hydrogen-bond donors (Lipinski definition) is 5. The van der Waals surface area contributed by atoms with Crippen LogP contribution in [0.1, 0.15) is 90.8 Å². The summed E-state index contributed by atoms with van der Waals surface area (Å²) in [7, 11) is 0. The highest BCUT2D eigenvalue weighted by Gasteiger charge is 2.30. The molecule has 2 aromatic heterocycles. The van der Waals surface area contributed by atoms with Gasteiger partial charge in [0.15, 0.2) is 18.0 Å². The van der Waals surface area contributed by atoms with Crippen LogP contribution in [0.2, 0.25) is 0 Å². The summed E-state index contributed by atoms with van der Waals surface area (Å²) < 4.78 is 2.13. The minimum absolute atomic E-state index is 0.124. The number of nitrogens with zero attached hydrogens (tertiary/aromatic N) is 2. The summed E-state index contributed by atoms with van der Waals surface area (Å²) >= 11 is 1.37. The molecule has 2 atom stereocenters. The van der Waals surface area contributed by atoms with Gasteiger partial charge in [-0.05, 0) is 56.2 Å². The van der Waals surface area contributed by atoms with Crippen molar-refractivity contribution in [3.8, 4) is 0 Å². The first-order valence-electron chi connectivity index (χ1n) is 20.2. The summed E-state index contributed by atoms with van der Waals surface area (Å²) in [6.45, 7) is 8.64. The molecular formula is C45H54N7O7S+. The molecule has 0 unspecified atom stereocenters. The molecule has 7 N–H and O–H groups in total. The lowest BCUT2D eigenvalue weighted by Gasteiger charge is -2.24. The molecule has 0 aliphatic carbocycles. The lowest BCUT2D eigenvalue weighted by molar-refractivity contribution is -0.666. The fraction of sp³-hybridized carbons (Fsp3) is 0.378. The van der Waals surface area contributed by atoms with Crippen LogP contribution in [-0.4, -0.2) is 65.3 Å². The largest absolute Gasteiger partial charge is 0.397 e. The number of benzene rings is 2. The molecule has 0 fully saturated rings. The van der Waals surface area contributed by atoms with Crippen molar-refractivity contribution < 1.29 is 38.1 Å². The number of pyridine rings is 1. The van der Waals surface area contributed by atoms with Crippen molar-refractivity contribution in [1.82, 2.24) is 15.5 Å². The van der Waals surface area contributed by atoms with E-state index in [0.717, 1.165) is 31.9 Å². The number of amides is 6. The van der Waals surface area contributed by atoms with Crippen molar-refractivity contribution in [3.05, 3.63) is 100 Å². The Morgan fingerprint density at radius 1 is 0.883 bits per heavy atom. The number of anilines is 2. The van der Waals surface area contributed by atoms with Gasteiger partial charge in [0, 0.05) is 73.8 Å². The quantitative estimate of drug-likeness (QED) is 0.0323. The van der Waals surface area contributed by atoms with Crippen molar-refractivity contribution in [2.45, 2.75) is 85.2 Å². The lowest BCUT2D eigenvalue weighted by atomic mass is 9.89. The van der Waals surface area contributed by atoms with Gasteiger partial charge >= 0.3 is 6.03 Å². The normalized spacial score (nSPS) is 13.4. The number of nitrogen functional groups attached to an aromatic ring is 1. The Bertz CT molecular complexity index is 2270. The summed E-state index contributed by atoms with van der Waals surface area (Å²) in [5, 5.41) is 9.17. The average molecular weight is 837 g/mol. The van der Waals surface area contributed by atoms with E-state index in [1.165, 1.54) is 23.5 Å². The Morgan fingerprint density at radius 2 is 1.57 bits per heavy atom. The number of hydrogen-bond acceptors (Lipinski definition) is 9. The first kappa shape index (κ1) is 44.9. The highest BCUT2D eigenvalue weighted by molar-refractivity contribution is 7.21. The third-order valence-corrected chi connectivity index (χ3v) is 11.8. The Balaban J connectivity index is 1.22. The summed E-state index contributed by atoms with van der Waals surface area (Å²) in [5.41, 5.74) is 16.3. The first-order valence-corrected chi connectivity index (χ1v) is 21.1. The SMILES string of the molecule is Cc1cc(C)[n+](Cc2ccc(NC(=O)[C@H](CCCNC(N)=O)CC(=O)[C@@H](NC(=O)CCCCCN3C(=O)C=CC3=O)C(C)C)cc2)c2sc(C(=O)c3ccccc3)c(N)c12. The number of carbonyl (C=O) groups excluding carboxylic acids is 7. The van der Waals surface area contributed by atoms with Crippen LogP contribution < -0.4 is 32.0 Å². The van der Waals surface area contributed by atoms with Crippen LogP contribution in [0.25, 0.3) is 10.2 Å². The number of carbonyl (C=O) groups is 7. The van der Waals surface area contributed by atoms with E-state index >= 15 is 0 Å². The van der Waals surface area contributed by atoms with Crippen molar-refractivity contribution in [2.24, 2.45) is 17.6 Å². The smallest absolute Gasteiger partial charge is 0.312 e. The predicted molar refractivity (Wildman–Crippen MR) is 231 cm³/mol. The van der Waals surface area contributed by atoms with E-state index in [4.69, 9.17) is 11.5 Å². The molecule has 1 aliphatic heterocycles. The van der Waals surface area contributed by atoms with Crippen LogP contribution in [0.3, 0.4) is 0 Å². The number of primary amides is 1. The molecule has 0 radical (unpaired) electrons. The molecular weight excluding hydrogens is 783 g/mol. The van der Waals surface area contributed by atoms with Gasteiger partial charge in [0.2, 0.25) is 17.6 Å². The lowest BCUT2D eigenvalue weighted by Crippen LogP contribution is -2.45. The summed E-state index contributed by atoms with van der Waals surface area (Å²) in [4.78, 5) is 91.2. The van der Waals surface area contributed by atoms with E-state index in [2.05, 4.69) is 26.6 Å². The highest BCUT2D eigenvalue weighted by Crippen LogP contribution is 2.36. The number of unbranched alkanes of at least 4 members (excludes halogenated alkanes) is 2. The molecule has 15 heteroatoms. The zero-order valence-electron chi connectivity index (χ0n) is 34.5. The Kier molecular flexibility index (Phi) is 15.4. The van der Waals surface area contributed by atoms with Gasteiger partial charge in [0.1, 0.15) is 4.88 Å². The van der Waals surface area contributed by atoms with E-state index in [1.807, 2.05) is 58.0 Å². The van der Waals surface area contributed by atoms with E-state index in [9.17, 15) is 33.6 Å². The number of urea groups is 1. The molecule has 0 saturated heterocycles. The monoisotopic (exact) mass is 836 g/mol. The molecule has 60 heavy (non-hydrogen) atoms.